The summed E-state index contributed by atoms with van der Waals surface area (Å²) in [5.74, 6) is -0.383. The van der Waals surface area contributed by atoms with Gasteiger partial charge in [-0.05, 0) is 55.0 Å². The van der Waals surface area contributed by atoms with Crippen molar-refractivity contribution >= 4 is 11.6 Å². The molecule has 0 aliphatic rings. The van der Waals surface area contributed by atoms with Crippen LogP contribution in [0.5, 0.6) is 0 Å². The average Bonchev–Trinajstić information content (AvgIpc) is 2.55. The zero-order valence-corrected chi connectivity index (χ0v) is 14.1. The van der Waals surface area contributed by atoms with Gasteiger partial charge in [0.2, 0.25) is 0 Å². The lowest BCUT2D eigenvalue weighted by molar-refractivity contribution is 0.102. The van der Waals surface area contributed by atoms with Crippen LogP contribution in [0.4, 0.5) is 5.69 Å². The molecule has 23 heavy (non-hydrogen) atoms. The maximum absolute atomic E-state index is 12.6. The molecule has 0 spiro atoms. The predicted octanol–water partition coefficient (Wildman–Crippen LogP) is 3.02. The van der Waals surface area contributed by atoms with Crippen LogP contribution in [0.15, 0.2) is 23.0 Å². The van der Waals surface area contributed by atoms with E-state index in [0.717, 1.165) is 17.7 Å². The number of carbonyl (C=O) groups excluding carboxylic acids is 1. The number of hydrogen-bond acceptors (Lipinski definition) is 3. The van der Waals surface area contributed by atoms with E-state index in [-0.39, 0.29) is 11.5 Å². The van der Waals surface area contributed by atoms with Crippen LogP contribution in [0.2, 0.25) is 0 Å². The van der Waals surface area contributed by atoms with Crippen molar-refractivity contribution in [3.05, 3.63) is 56.5 Å². The molecule has 2 aromatic rings. The van der Waals surface area contributed by atoms with Crippen molar-refractivity contribution in [2.24, 2.45) is 0 Å². The third-order valence-electron chi connectivity index (χ3n) is 4.07. The lowest BCUT2D eigenvalue weighted by Crippen LogP contribution is -2.28. The Kier molecular flexibility index (Phi) is 5.32. The molecule has 1 aromatic carbocycles. The maximum Gasteiger partial charge on any atom is 0.277 e. The normalized spacial score (nSPS) is 10.6. The van der Waals surface area contributed by atoms with E-state index in [1.54, 1.807) is 0 Å². The second-order valence-corrected chi connectivity index (χ2v) is 5.51. The minimum absolute atomic E-state index is 0.165. The molecular weight excluding hydrogens is 290 g/mol. The molecule has 0 aliphatic carbocycles. The molecule has 0 fully saturated rings. The number of nitrogens with zero attached hydrogens (tertiary/aromatic N) is 1. The Hall–Kier alpha value is -2.43. The van der Waals surface area contributed by atoms with Gasteiger partial charge in [-0.25, -0.2) is 5.10 Å². The topological polar surface area (TPSA) is 74.8 Å². The monoisotopic (exact) mass is 313 g/mol. The summed E-state index contributed by atoms with van der Waals surface area (Å²) in [7, 11) is 0. The van der Waals surface area contributed by atoms with Gasteiger partial charge < -0.3 is 5.32 Å². The Morgan fingerprint density at radius 2 is 1.91 bits per heavy atom. The molecule has 0 saturated carbocycles. The third kappa shape index (κ3) is 3.50. The molecule has 0 atom stereocenters. The fourth-order valence-corrected chi connectivity index (χ4v) is 2.76. The Labute approximate surface area is 136 Å². The van der Waals surface area contributed by atoms with Crippen molar-refractivity contribution in [2.45, 2.75) is 47.0 Å². The van der Waals surface area contributed by atoms with E-state index >= 15 is 0 Å². The highest BCUT2D eigenvalue weighted by Gasteiger charge is 2.19. The van der Waals surface area contributed by atoms with Gasteiger partial charge in [0.1, 0.15) is 5.56 Å². The number of H-pyrrole nitrogens is 1. The van der Waals surface area contributed by atoms with Crippen molar-refractivity contribution in [1.82, 2.24) is 10.2 Å². The van der Waals surface area contributed by atoms with Gasteiger partial charge in [-0.15, -0.1) is 0 Å². The largest absolute Gasteiger partial charge is 0.322 e. The van der Waals surface area contributed by atoms with Crippen molar-refractivity contribution in [1.29, 1.82) is 0 Å². The SMILES string of the molecule is CCc1cc(NC(=O)c2c(CC)c(CC)n[nH]c2=O)ccc1C. The highest BCUT2D eigenvalue weighted by Crippen LogP contribution is 2.17. The molecule has 2 rings (SSSR count). The average molecular weight is 313 g/mol. The lowest BCUT2D eigenvalue weighted by atomic mass is 10.0. The predicted molar refractivity (Wildman–Crippen MR) is 92.1 cm³/mol. The minimum Gasteiger partial charge on any atom is -0.322 e. The first-order chi connectivity index (χ1) is 11.0. The fraction of sp³-hybridized carbons (Fsp3) is 0.389. The van der Waals surface area contributed by atoms with Crippen LogP contribution in [0.3, 0.4) is 0 Å². The van der Waals surface area contributed by atoms with Gasteiger partial charge in [0.25, 0.3) is 11.5 Å². The number of nitrogens with one attached hydrogen (secondary N) is 2. The Morgan fingerprint density at radius 3 is 2.52 bits per heavy atom. The van der Waals surface area contributed by atoms with E-state index in [1.807, 2.05) is 39.0 Å². The summed E-state index contributed by atoms with van der Waals surface area (Å²) in [5, 5.41) is 9.31. The van der Waals surface area contributed by atoms with Crippen LogP contribution < -0.4 is 10.9 Å². The van der Waals surface area contributed by atoms with Crippen LogP contribution in [0, 0.1) is 6.92 Å². The second kappa shape index (κ2) is 7.22. The van der Waals surface area contributed by atoms with Crippen molar-refractivity contribution in [2.75, 3.05) is 5.32 Å². The van der Waals surface area contributed by atoms with Gasteiger partial charge in [0.15, 0.2) is 0 Å². The van der Waals surface area contributed by atoms with E-state index in [9.17, 15) is 9.59 Å². The summed E-state index contributed by atoms with van der Waals surface area (Å²) < 4.78 is 0. The van der Waals surface area contributed by atoms with Crippen LogP contribution in [0.1, 0.15) is 53.5 Å². The maximum atomic E-state index is 12.6. The molecule has 1 amide bonds. The van der Waals surface area contributed by atoms with Gasteiger partial charge in [-0.2, -0.15) is 5.10 Å². The Bertz CT molecular complexity index is 778. The summed E-state index contributed by atoms with van der Waals surface area (Å²) in [4.78, 5) is 24.7. The van der Waals surface area contributed by atoms with Crippen molar-refractivity contribution in [3.8, 4) is 0 Å². The molecule has 0 bridgehead atoms. The van der Waals surface area contributed by atoms with Gasteiger partial charge in [0.05, 0.1) is 5.69 Å². The molecule has 0 unspecified atom stereocenters. The molecule has 1 aromatic heterocycles. The number of hydrogen-bond donors (Lipinski definition) is 2. The number of aromatic amines is 1. The quantitative estimate of drug-likeness (QED) is 0.891. The number of amides is 1. The van der Waals surface area contributed by atoms with Gasteiger partial charge in [0, 0.05) is 5.69 Å². The van der Waals surface area contributed by atoms with E-state index in [1.165, 1.54) is 11.1 Å². The summed E-state index contributed by atoms with van der Waals surface area (Å²) in [6.45, 7) is 7.99. The third-order valence-corrected chi connectivity index (χ3v) is 4.07. The van der Waals surface area contributed by atoms with E-state index in [2.05, 4.69) is 22.4 Å². The fourth-order valence-electron chi connectivity index (χ4n) is 2.76. The summed E-state index contributed by atoms with van der Waals surface area (Å²) in [6, 6.07) is 5.78. The molecule has 5 heteroatoms. The van der Waals surface area contributed by atoms with Gasteiger partial charge in [-0.1, -0.05) is 26.8 Å². The van der Waals surface area contributed by atoms with Gasteiger partial charge >= 0.3 is 0 Å². The first-order valence-corrected chi connectivity index (χ1v) is 8.03. The zero-order chi connectivity index (χ0) is 17.0. The Balaban J connectivity index is 2.40. The molecular formula is C18H23N3O2. The van der Waals surface area contributed by atoms with Crippen molar-refractivity contribution < 1.29 is 4.79 Å². The van der Waals surface area contributed by atoms with Crippen LogP contribution in [0.25, 0.3) is 0 Å². The van der Waals surface area contributed by atoms with E-state index in [4.69, 9.17) is 0 Å². The second-order valence-electron chi connectivity index (χ2n) is 5.51. The smallest absolute Gasteiger partial charge is 0.277 e. The zero-order valence-electron chi connectivity index (χ0n) is 14.1. The molecule has 122 valence electrons. The number of benzene rings is 1. The summed E-state index contributed by atoms with van der Waals surface area (Å²) in [5.41, 5.74) is 4.27. The molecule has 0 aliphatic heterocycles. The molecule has 1 heterocycles. The highest BCUT2D eigenvalue weighted by atomic mass is 16.2. The van der Waals surface area contributed by atoms with Crippen molar-refractivity contribution in [3.63, 3.8) is 0 Å². The highest BCUT2D eigenvalue weighted by molar-refractivity contribution is 6.05. The first kappa shape index (κ1) is 16.9. The minimum atomic E-state index is -0.445. The van der Waals surface area contributed by atoms with Crippen LogP contribution in [-0.4, -0.2) is 16.1 Å². The molecule has 2 N–H and O–H groups in total. The lowest BCUT2D eigenvalue weighted by Gasteiger charge is -2.12. The standard InChI is InChI=1S/C18H23N3O2/c1-5-12-10-13(9-8-11(12)4)19-17(22)16-14(6-2)15(7-3)20-21-18(16)23/h8-10H,5-7H2,1-4H3,(H,19,22)(H,21,23). The number of aryl methyl sites for hydroxylation is 3. The molecule has 0 radical (unpaired) electrons. The van der Waals surface area contributed by atoms with E-state index in [0.29, 0.717) is 18.5 Å². The molecule has 5 nitrogen and oxygen atoms in total. The number of aromatic nitrogens is 2. The van der Waals surface area contributed by atoms with Crippen LogP contribution >= 0.6 is 0 Å². The Morgan fingerprint density at radius 1 is 1.17 bits per heavy atom. The molecule has 0 saturated heterocycles. The number of carbonyl (C=O) groups is 1. The number of rotatable bonds is 5. The van der Waals surface area contributed by atoms with E-state index < -0.39 is 5.56 Å². The summed E-state index contributed by atoms with van der Waals surface area (Å²) in [6.07, 6.45) is 2.16. The van der Waals surface area contributed by atoms with Gasteiger partial charge in [-0.3, -0.25) is 9.59 Å². The first-order valence-electron chi connectivity index (χ1n) is 8.03. The van der Waals surface area contributed by atoms with Crippen LogP contribution in [-0.2, 0) is 19.3 Å². The number of anilines is 1. The summed E-state index contributed by atoms with van der Waals surface area (Å²) >= 11 is 0.